The van der Waals surface area contributed by atoms with E-state index in [1.165, 1.54) is 24.3 Å². The Bertz CT molecular complexity index is 891. The number of amides is 1. The van der Waals surface area contributed by atoms with Crippen molar-refractivity contribution in [2.24, 2.45) is 11.8 Å². The fourth-order valence-corrected chi connectivity index (χ4v) is 3.72. The van der Waals surface area contributed by atoms with Gasteiger partial charge in [0, 0.05) is 6.54 Å². The molecule has 8 nitrogen and oxygen atoms in total. The Hall–Kier alpha value is -2.62. The minimum Gasteiger partial charge on any atom is -0.461 e. The van der Waals surface area contributed by atoms with Gasteiger partial charge in [-0.1, -0.05) is 43.0 Å². The molecule has 1 aliphatic heterocycles. The van der Waals surface area contributed by atoms with Gasteiger partial charge in [-0.25, -0.2) is 4.79 Å². The van der Waals surface area contributed by atoms with Crippen molar-refractivity contribution in [1.82, 2.24) is 5.32 Å². The van der Waals surface area contributed by atoms with E-state index in [-0.39, 0.29) is 42.5 Å². The van der Waals surface area contributed by atoms with Crippen LogP contribution in [0.3, 0.4) is 0 Å². The second kappa shape index (κ2) is 11.7. The molecule has 0 bridgehead atoms. The number of thiol groups is 1. The first-order valence-electron chi connectivity index (χ1n) is 9.41. The average molecular weight is 467 g/mol. The summed E-state index contributed by atoms with van der Waals surface area (Å²) in [6.07, 6.45) is 3.00. The third kappa shape index (κ3) is 6.43. The van der Waals surface area contributed by atoms with Gasteiger partial charge in [0.2, 0.25) is 5.91 Å². The lowest BCUT2D eigenvalue weighted by Crippen LogP contribution is -2.36. The molecule has 1 fully saturated rings. The van der Waals surface area contributed by atoms with E-state index >= 15 is 0 Å². The zero-order chi connectivity index (χ0) is 23.0. The molecule has 1 aromatic carbocycles. The number of carbonyl (C=O) groups excluding carboxylic acids is 4. The number of rotatable bonds is 10. The molecule has 0 radical (unpaired) electrons. The largest absolute Gasteiger partial charge is 0.461 e. The second-order valence-corrected chi connectivity index (χ2v) is 7.58. The van der Waals surface area contributed by atoms with E-state index in [2.05, 4.69) is 36.4 Å². The standard InChI is InChI=1S/C21H23ClN2O6S/c1-3-8-29-19(26)13-6-5-7-14(22)17(13)24-18(25)15-10-12(11-23-15)16(21(28)31)20(27)30-9-4-2/h3-7,12,15-16,23H,1-2,8-11H2,(H,24,25)(H,28,31)/t12-,15+,16?/m1/s1. The SMILES string of the molecule is C=CCOC(=O)c1cccc(Cl)c1NC(=O)[C@@H]1C[C@@H](C(C(=O)S)C(=O)OCC=C)CN1. The zero-order valence-electron chi connectivity index (χ0n) is 16.6. The Labute approximate surface area is 190 Å². The molecule has 2 N–H and O–H groups in total. The molecule has 10 heteroatoms. The third-order valence-corrected chi connectivity index (χ3v) is 5.22. The van der Waals surface area contributed by atoms with E-state index in [0.717, 1.165) is 0 Å². The summed E-state index contributed by atoms with van der Waals surface area (Å²) in [4.78, 5) is 49.2. The highest BCUT2D eigenvalue weighted by Crippen LogP contribution is 2.30. The van der Waals surface area contributed by atoms with Gasteiger partial charge in [0.15, 0.2) is 5.12 Å². The van der Waals surface area contributed by atoms with Gasteiger partial charge >= 0.3 is 11.9 Å². The van der Waals surface area contributed by atoms with Crippen LogP contribution in [0.5, 0.6) is 0 Å². The molecule has 3 atom stereocenters. The Kier molecular flexibility index (Phi) is 9.29. The van der Waals surface area contributed by atoms with Gasteiger partial charge in [-0.3, -0.25) is 14.4 Å². The van der Waals surface area contributed by atoms with Gasteiger partial charge in [0.05, 0.1) is 22.3 Å². The molecule has 0 aromatic heterocycles. The van der Waals surface area contributed by atoms with E-state index < -0.39 is 40.8 Å². The fraction of sp³-hybridized carbons (Fsp3) is 0.333. The monoisotopic (exact) mass is 466 g/mol. The highest BCUT2D eigenvalue weighted by molar-refractivity contribution is 7.96. The number of hydrogen-bond donors (Lipinski definition) is 3. The van der Waals surface area contributed by atoms with Crippen molar-refractivity contribution >= 4 is 52.9 Å². The van der Waals surface area contributed by atoms with Crippen LogP contribution in [0.25, 0.3) is 0 Å². The van der Waals surface area contributed by atoms with Crippen LogP contribution in [-0.4, -0.2) is 48.8 Å². The number of para-hydroxylation sites is 1. The van der Waals surface area contributed by atoms with Crippen LogP contribution in [0.1, 0.15) is 16.8 Å². The number of benzene rings is 1. The molecule has 1 aliphatic rings. The number of hydrogen-bond acceptors (Lipinski definition) is 7. The predicted molar refractivity (Wildman–Crippen MR) is 119 cm³/mol. The molecular formula is C21H23ClN2O6S. The lowest BCUT2D eigenvalue weighted by Gasteiger charge is -2.18. The first-order chi connectivity index (χ1) is 14.8. The summed E-state index contributed by atoms with van der Waals surface area (Å²) in [6, 6.07) is 3.84. The number of esters is 2. The first kappa shape index (κ1) is 24.6. The molecule has 1 saturated heterocycles. The van der Waals surface area contributed by atoms with Crippen LogP contribution in [0, 0.1) is 11.8 Å². The Balaban J connectivity index is 2.11. The van der Waals surface area contributed by atoms with E-state index in [9.17, 15) is 19.2 Å². The lowest BCUT2D eigenvalue weighted by atomic mass is 9.90. The molecule has 31 heavy (non-hydrogen) atoms. The summed E-state index contributed by atoms with van der Waals surface area (Å²) in [6.45, 7) is 7.14. The molecule has 0 spiro atoms. The predicted octanol–water partition coefficient (Wildman–Crippen LogP) is 2.40. The van der Waals surface area contributed by atoms with Crippen LogP contribution in [0.15, 0.2) is 43.5 Å². The zero-order valence-corrected chi connectivity index (χ0v) is 18.3. The number of anilines is 1. The van der Waals surface area contributed by atoms with Gasteiger partial charge in [0.1, 0.15) is 19.1 Å². The summed E-state index contributed by atoms with van der Waals surface area (Å²) in [5.41, 5.74) is 0.203. The fourth-order valence-electron chi connectivity index (χ4n) is 3.19. The lowest BCUT2D eigenvalue weighted by molar-refractivity contribution is -0.151. The minimum absolute atomic E-state index is 0.00565. The van der Waals surface area contributed by atoms with Crippen LogP contribution in [-0.2, 0) is 23.9 Å². The van der Waals surface area contributed by atoms with E-state index in [1.54, 1.807) is 6.07 Å². The third-order valence-electron chi connectivity index (χ3n) is 4.63. The number of halogens is 1. The average Bonchev–Trinajstić information content (AvgIpc) is 3.21. The van der Waals surface area contributed by atoms with Gasteiger partial charge in [0.25, 0.3) is 0 Å². The molecule has 0 aliphatic carbocycles. The van der Waals surface area contributed by atoms with Crippen molar-refractivity contribution in [2.45, 2.75) is 12.5 Å². The van der Waals surface area contributed by atoms with E-state index in [0.29, 0.717) is 0 Å². The number of carbonyl (C=O) groups is 4. The van der Waals surface area contributed by atoms with Crippen molar-refractivity contribution in [2.75, 3.05) is 25.1 Å². The van der Waals surface area contributed by atoms with Crippen molar-refractivity contribution in [1.29, 1.82) is 0 Å². The van der Waals surface area contributed by atoms with Gasteiger partial charge < -0.3 is 20.1 Å². The van der Waals surface area contributed by atoms with Crippen LogP contribution in [0.4, 0.5) is 5.69 Å². The van der Waals surface area contributed by atoms with Gasteiger partial charge in [-0.05, 0) is 24.5 Å². The molecule has 1 amide bonds. The summed E-state index contributed by atoms with van der Waals surface area (Å²) < 4.78 is 10.0. The van der Waals surface area contributed by atoms with E-state index in [4.69, 9.17) is 21.1 Å². The van der Waals surface area contributed by atoms with Crippen molar-refractivity contribution in [3.8, 4) is 0 Å². The topological polar surface area (TPSA) is 111 Å². The summed E-state index contributed by atoms with van der Waals surface area (Å²) in [5, 5.41) is 5.13. The second-order valence-electron chi connectivity index (χ2n) is 6.73. The smallest absolute Gasteiger partial charge is 0.340 e. The Morgan fingerprint density at radius 3 is 2.55 bits per heavy atom. The number of ether oxygens (including phenoxy) is 2. The van der Waals surface area contributed by atoms with Crippen LogP contribution >= 0.6 is 24.2 Å². The maximum atomic E-state index is 12.8. The van der Waals surface area contributed by atoms with Crippen molar-refractivity contribution in [3.05, 3.63) is 54.1 Å². The highest BCUT2D eigenvalue weighted by atomic mass is 35.5. The number of nitrogens with one attached hydrogen (secondary N) is 2. The molecule has 1 heterocycles. The Morgan fingerprint density at radius 1 is 1.23 bits per heavy atom. The molecule has 166 valence electrons. The van der Waals surface area contributed by atoms with E-state index in [1.807, 2.05) is 0 Å². The quantitative estimate of drug-likeness (QED) is 0.210. The van der Waals surface area contributed by atoms with Gasteiger partial charge in [-0.2, -0.15) is 0 Å². The molecule has 1 unspecified atom stereocenters. The van der Waals surface area contributed by atoms with Crippen molar-refractivity contribution < 1.29 is 28.7 Å². The summed E-state index contributed by atoms with van der Waals surface area (Å²) >= 11 is 9.98. The maximum absolute atomic E-state index is 12.8. The van der Waals surface area contributed by atoms with Crippen LogP contribution in [0.2, 0.25) is 5.02 Å². The van der Waals surface area contributed by atoms with Crippen molar-refractivity contribution in [3.63, 3.8) is 0 Å². The van der Waals surface area contributed by atoms with Crippen LogP contribution < -0.4 is 10.6 Å². The summed E-state index contributed by atoms with van der Waals surface area (Å²) in [7, 11) is 0. The summed E-state index contributed by atoms with van der Waals surface area (Å²) in [5.74, 6) is -3.45. The highest BCUT2D eigenvalue weighted by Gasteiger charge is 2.41. The molecule has 1 aromatic rings. The van der Waals surface area contributed by atoms with Gasteiger partial charge in [-0.15, -0.1) is 12.6 Å². The Morgan fingerprint density at radius 2 is 1.90 bits per heavy atom. The minimum atomic E-state index is -1.11. The normalized spacial score (nSPS) is 18.5. The maximum Gasteiger partial charge on any atom is 0.340 e. The molecule has 2 rings (SSSR count). The molecular weight excluding hydrogens is 444 g/mol. The first-order valence-corrected chi connectivity index (χ1v) is 10.2. The molecule has 0 saturated carbocycles.